The van der Waals surface area contributed by atoms with Gasteiger partial charge in [-0.2, -0.15) is 0 Å². The standard InChI is InChI=1S/C21H20ClNO5/c1-13(24)14-6-8-19(27-2)16(10-14)12-28-21(26)15-5-7-17(22)18(11-15)23-9-3-4-20(23)25/h5-8,10-11H,3-4,9,12H2,1-2H3. The third-order valence-corrected chi connectivity index (χ3v) is 4.91. The average molecular weight is 402 g/mol. The van der Waals surface area contributed by atoms with Crippen LogP contribution in [0.4, 0.5) is 5.69 Å². The lowest BCUT2D eigenvalue weighted by atomic mass is 10.1. The van der Waals surface area contributed by atoms with E-state index >= 15 is 0 Å². The Morgan fingerprint density at radius 3 is 2.54 bits per heavy atom. The van der Waals surface area contributed by atoms with Gasteiger partial charge in [-0.1, -0.05) is 11.6 Å². The summed E-state index contributed by atoms with van der Waals surface area (Å²) in [5.41, 5.74) is 1.90. The molecule has 0 aliphatic carbocycles. The molecule has 1 aliphatic heterocycles. The van der Waals surface area contributed by atoms with E-state index in [-0.39, 0.29) is 18.3 Å². The van der Waals surface area contributed by atoms with Crippen molar-refractivity contribution in [3.8, 4) is 5.75 Å². The number of hydrogen-bond acceptors (Lipinski definition) is 5. The lowest BCUT2D eigenvalue weighted by molar-refractivity contribution is -0.117. The SMILES string of the molecule is COc1ccc(C(C)=O)cc1COC(=O)c1ccc(Cl)c(N2CCCC2=O)c1. The molecule has 7 heteroatoms. The number of ether oxygens (including phenoxy) is 2. The van der Waals surface area contributed by atoms with Gasteiger partial charge in [-0.15, -0.1) is 0 Å². The van der Waals surface area contributed by atoms with Crippen molar-refractivity contribution in [1.82, 2.24) is 0 Å². The molecule has 0 spiro atoms. The number of amides is 1. The molecule has 2 aromatic carbocycles. The average Bonchev–Trinajstić information content (AvgIpc) is 3.11. The van der Waals surface area contributed by atoms with Crippen LogP contribution in [0.5, 0.6) is 5.75 Å². The van der Waals surface area contributed by atoms with Crippen LogP contribution in [0.15, 0.2) is 36.4 Å². The summed E-state index contributed by atoms with van der Waals surface area (Å²) in [7, 11) is 1.51. The molecule has 1 heterocycles. The molecule has 1 fully saturated rings. The Hall–Kier alpha value is -2.86. The van der Waals surface area contributed by atoms with E-state index in [4.69, 9.17) is 21.1 Å². The Morgan fingerprint density at radius 1 is 1.14 bits per heavy atom. The van der Waals surface area contributed by atoms with Crippen LogP contribution in [0.3, 0.4) is 0 Å². The van der Waals surface area contributed by atoms with Gasteiger partial charge in [-0.3, -0.25) is 9.59 Å². The summed E-state index contributed by atoms with van der Waals surface area (Å²) in [4.78, 5) is 37.7. The first kappa shape index (κ1) is 19.9. The summed E-state index contributed by atoms with van der Waals surface area (Å²) >= 11 is 6.21. The van der Waals surface area contributed by atoms with Crippen LogP contribution in [-0.4, -0.2) is 31.3 Å². The van der Waals surface area contributed by atoms with Crippen LogP contribution in [0.2, 0.25) is 5.02 Å². The zero-order valence-corrected chi connectivity index (χ0v) is 16.4. The van der Waals surface area contributed by atoms with Gasteiger partial charge in [0.1, 0.15) is 12.4 Å². The van der Waals surface area contributed by atoms with Gasteiger partial charge in [0.15, 0.2) is 5.78 Å². The molecule has 0 unspecified atom stereocenters. The van der Waals surface area contributed by atoms with Gasteiger partial charge in [0.2, 0.25) is 5.91 Å². The van der Waals surface area contributed by atoms with E-state index in [1.165, 1.54) is 14.0 Å². The number of nitrogens with zero attached hydrogens (tertiary/aromatic N) is 1. The number of rotatable bonds is 6. The van der Waals surface area contributed by atoms with Crippen molar-refractivity contribution in [2.45, 2.75) is 26.4 Å². The van der Waals surface area contributed by atoms with Crippen LogP contribution in [-0.2, 0) is 16.1 Å². The fourth-order valence-corrected chi connectivity index (χ4v) is 3.31. The van der Waals surface area contributed by atoms with Gasteiger partial charge in [-0.25, -0.2) is 4.79 Å². The van der Waals surface area contributed by atoms with Crippen LogP contribution >= 0.6 is 11.6 Å². The van der Waals surface area contributed by atoms with Gasteiger partial charge in [0.25, 0.3) is 0 Å². The van der Waals surface area contributed by atoms with Gasteiger partial charge >= 0.3 is 5.97 Å². The minimum Gasteiger partial charge on any atom is -0.496 e. The van der Waals surface area contributed by atoms with Crippen molar-refractivity contribution >= 4 is 34.9 Å². The van der Waals surface area contributed by atoms with Crippen molar-refractivity contribution in [3.63, 3.8) is 0 Å². The zero-order chi connectivity index (χ0) is 20.3. The summed E-state index contributed by atoms with van der Waals surface area (Å²) in [5, 5.41) is 0.405. The van der Waals surface area contributed by atoms with Gasteiger partial charge < -0.3 is 14.4 Å². The fourth-order valence-electron chi connectivity index (χ4n) is 3.09. The predicted molar refractivity (Wildman–Crippen MR) is 105 cm³/mol. The Balaban J connectivity index is 1.78. The highest BCUT2D eigenvalue weighted by atomic mass is 35.5. The molecule has 0 bridgehead atoms. The number of halogens is 1. The number of methoxy groups -OCH3 is 1. The summed E-state index contributed by atoms with van der Waals surface area (Å²) in [6.45, 7) is 1.99. The van der Waals surface area contributed by atoms with Crippen LogP contribution in [0, 0.1) is 0 Å². The number of ketones is 1. The van der Waals surface area contributed by atoms with Crippen molar-refractivity contribution in [3.05, 3.63) is 58.1 Å². The Labute approximate surface area is 168 Å². The van der Waals surface area contributed by atoms with E-state index in [1.807, 2.05) is 0 Å². The maximum Gasteiger partial charge on any atom is 0.338 e. The number of esters is 1. The lowest BCUT2D eigenvalue weighted by Gasteiger charge is -2.18. The molecule has 146 valence electrons. The number of benzene rings is 2. The maximum absolute atomic E-state index is 12.5. The van der Waals surface area contributed by atoms with Gasteiger partial charge in [0, 0.05) is 24.1 Å². The highest BCUT2D eigenvalue weighted by Crippen LogP contribution is 2.31. The monoisotopic (exact) mass is 401 g/mol. The lowest BCUT2D eigenvalue weighted by Crippen LogP contribution is -2.24. The zero-order valence-electron chi connectivity index (χ0n) is 15.7. The second-order valence-corrected chi connectivity index (χ2v) is 6.88. The highest BCUT2D eigenvalue weighted by molar-refractivity contribution is 6.34. The third-order valence-electron chi connectivity index (χ3n) is 4.59. The molecule has 0 radical (unpaired) electrons. The number of hydrogen-bond donors (Lipinski definition) is 0. The first-order valence-corrected chi connectivity index (χ1v) is 9.23. The molecule has 1 amide bonds. The smallest absolute Gasteiger partial charge is 0.338 e. The van der Waals surface area contributed by atoms with Crippen LogP contribution in [0.1, 0.15) is 46.0 Å². The second kappa shape index (κ2) is 8.44. The van der Waals surface area contributed by atoms with Gasteiger partial charge in [0.05, 0.1) is 23.4 Å². The van der Waals surface area contributed by atoms with Crippen LogP contribution < -0.4 is 9.64 Å². The third kappa shape index (κ3) is 4.17. The van der Waals surface area contributed by atoms with E-state index in [9.17, 15) is 14.4 Å². The molecule has 1 aliphatic rings. The van der Waals surface area contributed by atoms with E-state index in [0.717, 1.165) is 6.42 Å². The minimum atomic E-state index is -0.556. The molecule has 0 aromatic heterocycles. The number of carbonyl (C=O) groups excluding carboxylic acids is 3. The molecule has 0 saturated carbocycles. The predicted octanol–water partition coefficient (Wildman–Crippen LogP) is 4.04. The van der Waals surface area contributed by atoms with E-state index in [1.54, 1.807) is 41.3 Å². The highest BCUT2D eigenvalue weighted by Gasteiger charge is 2.24. The molecule has 6 nitrogen and oxygen atoms in total. The Bertz CT molecular complexity index is 940. The molecule has 2 aromatic rings. The van der Waals surface area contributed by atoms with E-state index in [0.29, 0.717) is 46.1 Å². The van der Waals surface area contributed by atoms with Crippen molar-refractivity contribution < 1.29 is 23.9 Å². The quantitative estimate of drug-likeness (QED) is 0.539. The maximum atomic E-state index is 12.5. The normalized spacial score (nSPS) is 13.5. The number of Topliss-reactive ketones (excluding diaryl/α,β-unsaturated/α-hetero) is 1. The van der Waals surface area contributed by atoms with E-state index in [2.05, 4.69) is 0 Å². The van der Waals surface area contributed by atoms with Crippen molar-refractivity contribution in [1.29, 1.82) is 0 Å². The second-order valence-electron chi connectivity index (χ2n) is 6.47. The van der Waals surface area contributed by atoms with Crippen molar-refractivity contribution in [2.75, 3.05) is 18.6 Å². The molecular formula is C21H20ClNO5. The first-order chi connectivity index (χ1) is 13.4. The summed E-state index contributed by atoms with van der Waals surface area (Å²) in [6, 6.07) is 9.67. The summed E-state index contributed by atoms with van der Waals surface area (Å²) in [6.07, 6.45) is 1.23. The van der Waals surface area contributed by atoms with Gasteiger partial charge in [-0.05, 0) is 49.7 Å². The fraction of sp³-hybridized carbons (Fsp3) is 0.286. The molecular weight excluding hydrogens is 382 g/mol. The Kier molecular flexibility index (Phi) is 5.99. The molecule has 1 saturated heterocycles. The largest absolute Gasteiger partial charge is 0.496 e. The van der Waals surface area contributed by atoms with E-state index < -0.39 is 5.97 Å². The summed E-state index contributed by atoms with van der Waals surface area (Å²) < 4.78 is 10.7. The number of anilines is 1. The molecule has 3 rings (SSSR count). The Morgan fingerprint density at radius 2 is 1.89 bits per heavy atom. The summed E-state index contributed by atoms with van der Waals surface area (Å²) in [5.74, 6) is -0.136. The topological polar surface area (TPSA) is 72.9 Å². The molecule has 0 atom stereocenters. The molecule has 28 heavy (non-hydrogen) atoms. The molecule has 0 N–H and O–H groups in total. The van der Waals surface area contributed by atoms with Crippen molar-refractivity contribution in [2.24, 2.45) is 0 Å². The minimum absolute atomic E-state index is 0.0156. The van der Waals surface area contributed by atoms with Crippen LogP contribution in [0.25, 0.3) is 0 Å². The number of carbonyl (C=O) groups is 3. The first-order valence-electron chi connectivity index (χ1n) is 8.85.